The molecule has 52 valence electrons. The first kappa shape index (κ1) is 7.24. The molecular weight excluding hydrogens is 131 g/mol. The molecular formula is C7H13OP. The van der Waals surface area contributed by atoms with E-state index in [4.69, 9.17) is 0 Å². The number of hydrogen-bond acceptors (Lipinski definition) is 1. The summed E-state index contributed by atoms with van der Waals surface area (Å²) in [6.07, 6.45) is 3.28. The van der Waals surface area contributed by atoms with Crippen LogP contribution in [0.25, 0.3) is 0 Å². The first-order valence-electron chi connectivity index (χ1n) is 3.53. The molecule has 0 bridgehead atoms. The molecule has 1 rings (SSSR count). The Labute approximate surface area is 57.6 Å². The summed E-state index contributed by atoms with van der Waals surface area (Å²) in [6.45, 7) is 4.21. The predicted octanol–water partition coefficient (Wildman–Crippen LogP) is 1.37. The highest BCUT2D eigenvalue weighted by molar-refractivity contribution is 7.52. The molecule has 2 unspecified atom stereocenters. The molecule has 0 saturated carbocycles. The average Bonchev–Trinajstić information content (AvgIpc) is 2.15. The van der Waals surface area contributed by atoms with Crippen LogP contribution in [-0.4, -0.2) is 11.5 Å². The van der Waals surface area contributed by atoms with Gasteiger partial charge in [-0.2, -0.15) is 0 Å². The van der Waals surface area contributed by atoms with Gasteiger partial charge in [0.2, 0.25) is 0 Å². The third-order valence-corrected chi connectivity index (χ3v) is 3.97. The molecule has 1 nitrogen and oxygen atoms in total. The summed E-state index contributed by atoms with van der Waals surface area (Å²) in [4.78, 5) is 11.1. The summed E-state index contributed by atoms with van der Waals surface area (Å²) in [5.41, 5.74) is 0. The van der Waals surface area contributed by atoms with Crippen LogP contribution in [0.2, 0.25) is 0 Å². The molecule has 2 atom stereocenters. The van der Waals surface area contributed by atoms with Crippen LogP contribution < -0.4 is 4.89 Å². The maximum Gasteiger partial charge on any atom is 0.103 e. The van der Waals surface area contributed by atoms with Crippen LogP contribution in [-0.2, 0) is 0 Å². The van der Waals surface area contributed by atoms with Gasteiger partial charge in [-0.05, 0) is 19.8 Å². The quantitative estimate of drug-likeness (QED) is 0.509. The average molecular weight is 144 g/mol. The molecule has 9 heavy (non-hydrogen) atoms. The molecule has 0 aliphatic carbocycles. The van der Waals surface area contributed by atoms with Crippen LogP contribution >= 0.6 is 7.77 Å². The summed E-state index contributed by atoms with van der Waals surface area (Å²) >= 11 is 0. The maximum atomic E-state index is 11.1. The van der Waals surface area contributed by atoms with E-state index in [9.17, 15) is 4.89 Å². The molecule has 0 spiro atoms. The zero-order chi connectivity index (χ0) is 6.85. The summed E-state index contributed by atoms with van der Waals surface area (Å²) < 4.78 is 0. The van der Waals surface area contributed by atoms with Gasteiger partial charge in [-0.25, -0.2) is 0 Å². The molecule has 0 aromatic heterocycles. The van der Waals surface area contributed by atoms with Gasteiger partial charge in [-0.1, -0.05) is 6.92 Å². The number of rotatable bonds is 1. The van der Waals surface area contributed by atoms with Crippen LogP contribution in [0.15, 0.2) is 0 Å². The molecule has 0 fully saturated rings. The summed E-state index contributed by atoms with van der Waals surface area (Å²) in [5, 5.41) is 1.26. The Morgan fingerprint density at radius 1 is 1.78 bits per heavy atom. The van der Waals surface area contributed by atoms with Gasteiger partial charge in [0.05, 0.1) is 5.29 Å². The lowest BCUT2D eigenvalue weighted by molar-refractivity contribution is -0.152. The smallest absolute Gasteiger partial charge is 0.103 e. The molecule has 2 heteroatoms. The fourth-order valence-corrected chi connectivity index (χ4v) is 2.98. The lowest BCUT2D eigenvalue weighted by atomic mass is 10.0. The highest BCUT2D eigenvalue weighted by Crippen LogP contribution is 2.32. The fourth-order valence-electron chi connectivity index (χ4n) is 1.36. The van der Waals surface area contributed by atoms with E-state index < -0.39 is 7.77 Å². The van der Waals surface area contributed by atoms with Crippen molar-refractivity contribution in [2.75, 3.05) is 6.16 Å². The van der Waals surface area contributed by atoms with E-state index in [1.165, 1.54) is 11.7 Å². The van der Waals surface area contributed by atoms with E-state index in [1.807, 2.05) is 6.92 Å². The minimum atomic E-state index is -0.905. The number of hydrogen-bond donors (Lipinski definition) is 0. The van der Waals surface area contributed by atoms with Gasteiger partial charge in [-0.3, -0.25) is 0 Å². The van der Waals surface area contributed by atoms with Gasteiger partial charge in [0.15, 0.2) is 0 Å². The Hall–Kier alpha value is 0.130. The van der Waals surface area contributed by atoms with E-state index in [2.05, 4.69) is 6.92 Å². The molecule has 1 heterocycles. The van der Waals surface area contributed by atoms with E-state index in [0.29, 0.717) is 5.92 Å². The first-order valence-corrected chi connectivity index (χ1v) is 4.98. The normalized spacial score (nSPS) is 31.7. The SMILES string of the molecule is CCC1CC[P+]([O-])=C1C. The van der Waals surface area contributed by atoms with Crippen LogP contribution in [0.1, 0.15) is 26.7 Å². The minimum absolute atomic E-state index is 0.675. The lowest BCUT2D eigenvalue weighted by Gasteiger charge is -2.00. The van der Waals surface area contributed by atoms with Gasteiger partial charge in [-0.15, -0.1) is 0 Å². The van der Waals surface area contributed by atoms with Gasteiger partial charge >= 0.3 is 0 Å². The molecule has 0 saturated heterocycles. The lowest BCUT2D eigenvalue weighted by Crippen LogP contribution is -2.03. The molecule has 0 radical (unpaired) electrons. The zero-order valence-corrected chi connectivity index (χ0v) is 6.95. The van der Waals surface area contributed by atoms with Gasteiger partial charge in [0.25, 0.3) is 0 Å². The molecule has 0 amide bonds. The highest BCUT2D eigenvalue weighted by atomic mass is 31.1. The van der Waals surface area contributed by atoms with Crippen molar-refractivity contribution < 1.29 is 4.89 Å². The maximum absolute atomic E-state index is 11.1. The second-order valence-electron chi connectivity index (χ2n) is 2.64. The molecule has 0 aromatic rings. The molecule has 1 aliphatic heterocycles. The second kappa shape index (κ2) is 2.81. The monoisotopic (exact) mass is 144 g/mol. The Kier molecular flexibility index (Phi) is 2.26. The van der Waals surface area contributed by atoms with Crippen LogP contribution in [0.4, 0.5) is 0 Å². The van der Waals surface area contributed by atoms with Crippen molar-refractivity contribution in [2.24, 2.45) is 5.92 Å². The van der Waals surface area contributed by atoms with Gasteiger partial charge in [0.1, 0.15) is 6.16 Å². The van der Waals surface area contributed by atoms with Crippen molar-refractivity contribution >= 4 is 13.1 Å². The standard InChI is InChI=1S/C7H13OP/c1-3-7-4-5-9(8)6(7)2/h7H,3-5H2,1-2H3. The van der Waals surface area contributed by atoms with Crippen molar-refractivity contribution in [3.05, 3.63) is 0 Å². The van der Waals surface area contributed by atoms with Crippen molar-refractivity contribution in [3.8, 4) is 0 Å². The molecule has 0 aromatic carbocycles. The summed E-state index contributed by atoms with van der Waals surface area (Å²) in [6, 6.07) is 0. The second-order valence-corrected chi connectivity index (χ2v) is 4.55. The van der Waals surface area contributed by atoms with E-state index in [-0.39, 0.29) is 0 Å². The van der Waals surface area contributed by atoms with E-state index >= 15 is 0 Å². The highest BCUT2D eigenvalue weighted by Gasteiger charge is 2.23. The summed E-state index contributed by atoms with van der Waals surface area (Å²) in [5.74, 6) is 0.675. The predicted molar refractivity (Wildman–Crippen MR) is 40.9 cm³/mol. The van der Waals surface area contributed by atoms with Crippen molar-refractivity contribution in [1.29, 1.82) is 0 Å². The fraction of sp³-hybridized carbons (Fsp3) is 0.857. The Morgan fingerprint density at radius 3 is 2.67 bits per heavy atom. The molecule has 1 aliphatic rings. The van der Waals surface area contributed by atoms with Crippen LogP contribution in [0, 0.1) is 5.92 Å². The minimum Gasteiger partial charge on any atom is -0.631 e. The third kappa shape index (κ3) is 1.33. The zero-order valence-electron chi connectivity index (χ0n) is 6.05. The van der Waals surface area contributed by atoms with Crippen LogP contribution in [0.3, 0.4) is 0 Å². The van der Waals surface area contributed by atoms with Gasteiger partial charge in [0, 0.05) is 13.7 Å². The van der Waals surface area contributed by atoms with Gasteiger partial charge < -0.3 is 4.89 Å². The van der Waals surface area contributed by atoms with Crippen molar-refractivity contribution in [1.82, 2.24) is 0 Å². The molecule has 0 N–H and O–H groups in total. The van der Waals surface area contributed by atoms with Crippen molar-refractivity contribution in [3.63, 3.8) is 0 Å². The van der Waals surface area contributed by atoms with E-state index in [1.54, 1.807) is 0 Å². The first-order chi connectivity index (χ1) is 4.25. The topological polar surface area (TPSA) is 23.1 Å². The summed E-state index contributed by atoms with van der Waals surface area (Å²) in [7, 11) is -0.905. The Bertz CT molecular complexity index is 140. The third-order valence-electron chi connectivity index (χ3n) is 2.16. The van der Waals surface area contributed by atoms with Crippen LogP contribution in [0.5, 0.6) is 0 Å². The van der Waals surface area contributed by atoms with E-state index in [0.717, 1.165) is 12.6 Å². The van der Waals surface area contributed by atoms with Crippen molar-refractivity contribution in [2.45, 2.75) is 26.7 Å². The Balaban J connectivity index is 2.63. The Morgan fingerprint density at radius 2 is 2.44 bits per heavy atom. The largest absolute Gasteiger partial charge is 0.631 e.